The fourth-order valence-electron chi connectivity index (χ4n) is 2.59. The van der Waals surface area contributed by atoms with Crippen LogP contribution >= 0.6 is 0 Å². The van der Waals surface area contributed by atoms with Crippen LogP contribution in [-0.2, 0) is 11.2 Å². The third kappa shape index (κ3) is 2.43. The molecule has 0 radical (unpaired) electrons. The van der Waals surface area contributed by atoms with Crippen molar-refractivity contribution < 1.29 is 9.21 Å². The second-order valence-corrected chi connectivity index (χ2v) is 5.42. The topological polar surface area (TPSA) is 54.3 Å². The first-order valence-corrected chi connectivity index (χ1v) is 6.86. The first-order chi connectivity index (χ1) is 8.74. The summed E-state index contributed by atoms with van der Waals surface area (Å²) in [6.45, 7) is 1.94. The third-order valence-electron chi connectivity index (χ3n) is 3.82. The van der Waals surface area contributed by atoms with Gasteiger partial charge in [0.1, 0.15) is 5.76 Å². The molecule has 3 rings (SSSR count). The predicted octanol–water partition coefficient (Wildman–Crippen LogP) is 1.91. The zero-order valence-corrected chi connectivity index (χ0v) is 10.7. The van der Waals surface area contributed by atoms with Gasteiger partial charge in [0.05, 0.1) is 12.3 Å². The van der Waals surface area contributed by atoms with E-state index in [1.54, 1.807) is 6.26 Å². The van der Waals surface area contributed by atoms with Crippen LogP contribution in [0.25, 0.3) is 0 Å². The Morgan fingerprint density at radius 1 is 1.44 bits per heavy atom. The average molecular weight is 248 g/mol. The first kappa shape index (κ1) is 11.8. The van der Waals surface area contributed by atoms with Gasteiger partial charge in [-0.15, -0.1) is 0 Å². The number of furan rings is 1. The molecule has 2 N–H and O–H groups in total. The SMILES string of the molecule is CC(NC1CCCc2occc21)C(=O)NC1CC1. The van der Waals surface area contributed by atoms with E-state index in [1.807, 2.05) is 13.0 Å². The van der Waals surface area contributed by atoms with Gasteiger partial charge in [0, 0.05) is 24.1 Å². The van der Waals surface area contributed by atoms with Crippen LogP contribution in [0.5, 0.6) is 0 Å². The van der Waals surface area contributed by atoms with E-state index in [0.717, 1.165) is 37.9 Å². The summed E-state index contributed by atoms with van der Waals surface area (Å²) in [5.74, 6) is 1.20. The Kier molecular flexibility index (Phi) is 3.12. The van der Waals surface area contributed by atoms with Gasteiger partial charge in [-0.1, -0.05) is 0 Å². The highest BCUT2D eigenvalue weighted by atomic mass is 16.3. The summed E-state index contributed by atoms with van der Waals surface area (Å²) in [6, 6.07) is 2.57. The summed E-state index contributed by atoms with van der Waals surface area (Å²) in [6.07, 6.45) is 7.23. The third-order valence-corrected chi connectivity index (χ3v) is 3.82. The van der Waals surface area contributed by atoms with Crippen LogP contribution in [0.2, 0.25) is 0 Å². The molecule has 0 bridgehead atoms. The van der Waals surface area contributed by atoms with Crippen molar-refractivity contribution in [2.24, 2.45) is 0 Å². The Morgan fingerprint density at radius 2 is 2.28 bits per heavy atom. The Hall–Kier alpha value is -1.29. The van der Waals surface area contributed by atoms with Crippen LogP contribution in [-0.4, -0.2) is 18.0 Å². The lowest BCUT2D eigenvalue weighted by atomic mass is 9.93. The minimum Gasteiger partial charge on any atom is -0.469 e. The van der Waals surface area contributed by atoms with Gasteiger partial charge in [-0.2, -0.15) is 0 Å². The minimum atomic E-state index is -0.142. The van der Waals surface area contributed by atoms with Gasteiger partial charge in [-0.05, 0) is 38.7 Å². The standard InChI is InChI=1S/C14H20N2O2/c1-9(14(17)16-10-5-6-10)15-12-3-2-4-13-11(12)7-8-18-13/h7-10,12,15H,2-6H2,1H3,(H,16,17). The molecule has 1 aromatic heterocycles. The molecule has 2 aliphatic rings. The highest BCUT2D eigenvalue weighted by Crippen LogP contribution is 2.30. The molecule has 4 nitrogen and oxygen atoms in total. The van der Waals surface area contributed by atoms with Crippen molar-refractivity contribution in [3.05, 3.63) is 23.7 Å². The number of aryl methyl sites for hydroxylation is 1. The maximum Gasteiger partial charge on any atom is 0.237 e. The molecule has 1 heterocycles. The number of fused-ring (bicyclic) bond motifs is 1. The lowest BCUT2D eigenvalue weighted by Crippen LogP contribution is -2.44. The molecule has 0 saturated heterocycles. The first-order valence-electron chi connectivity index (χ1n) is 6.86. The summed E-state index contributed by atoms with van der Waals surface area (Å²) < 4.78 is 5.46. The van der Waals surface area contributed by atoms with Crippen LogP contribution < -0.4 is 10.6 Å². The molecule has 98 valence electrons. The Balaban J connectivity index is 1.61. The summed E-state index contributed by atoms with van der Waals surface area (Å²) in [5.41, 5.74) is 1.23. The van der Waals surface area contributed by atoms with Gasteiger partial charge >= 0.3 is 0 Å². The smallest absolute Gasteiger partial charge is 0.237 e. The molecule has 18 heavy (non-hydrogen) atoms. The zero-order valence-electron chi connectivity index (χ0n) is 10.7. The van der Waals surface area contributed by atoms with Crippen LogP contribution in [0.15, 0.2) is 16.7 Å². The second kappa shape index (κ2) is 4.76. The molecule has 2 atom stereocenters. The van der Waals surface area contributed by atoms with Crippen LogP contribution in [0.4, 0.5) is 0 Å². The van der Waals surface area contributed by atoms with Crippen molar-refractivity contribution in [2.45, 2.75) is 57.2 Å². The highest BCUT2D eigenvalue weighted by molar-refractivity contribution is 5.81. The second-order valence-electron chi connectivity index (χ2n) is 5.42. The molecule has 1 fully saturated rings. The van der Waals surface area contributed by atoms with E-state index in [2.05, 4.69) is 10.6 Å². The van der Waals surface area contributed by atoms with Gasteiger partial charge in [-0.25, -0.2) is 0 Å². The number of hydrogen-bond donors (Lipinski definition) is 2. The lowest BCUT2D eigenvalue weighted by molar-refractivity contribution is -0.123. The van der Waals surface area contributed by atoms with E-state index in [1.165, 1.54) is 5.56 Å². The molecule has 1 saturated carbocycles. The van der Waals surface area contributed by atoms with E-state index in [-0.39, 0.29) is 18.0 Å². The molecule has 1 aromatic rings. The minimum absolute atomic E-state index is 0.119. The molecular weight excluding hydrogens is 228 g/mol. The Bertz CT molecular complexity index is 437. The number of carbonyl (C=O) groups is 1. The largest absolute Gasteiger partial charge is 0.469 e. The molecular formula is C14H20N2O2. The van der Waals surface area contributed by atoms with Crippen molar-refractivity contribution in [3.63, 3.8) is 0 Å². The number of rotatable bonds is 4. The fraction of sp³-hybridized carbons (Fsp3) is 0.643. The van der Waals surface area contributed by atoms with Gasteiger partial charge in [0.15, 0.2) is 0 Å². The number of hydrogen-bond acceptors (Lipinski definition) is 3. The van der Waals surface area contributed by atoms with E-state index in [9.17, 15) is 4.79 Å². The van der Waals surface area contributed by atoms with Crippen molar-refractivity contribution >= 4 is 5.91 Å². The lowest BCUT2D eigenvalue weighted by Gasteiger charge is -2.26. The van der Waals surface area contributed by atoms with Gasteiger partial charge in [-0.3, -0.25) is 10.1 Å². The fourth-order valence-corrected chi connectivity index (χ4v) is 2.59. The van der Waals surface area contributed by atoms with Crippen molar-refractivity contribution in [1.82, 2.24) is 10.6 Å². The Labute approximate surface area is 107 Å². The average Bonchev–Trinajstić information content (AvgIpc) is 3.04. The molecule has 0 aliphatic heterocycles. The van der Waals surface area contributed by atoms with Crippen LogP contribution in [0.3, 0.4) is 0 Å². The van der Waals surface area contributed by atoms with Crippen molar-refractivity contribution in [3.8, 4) is 0 Å². The number of amides is 1. The van der Waals surface area contributed by atoms with E-state index in [0.29, 0.717) is 6.04 Å². The maximum absolute atomic E-state index is 11.9. The van der Waals surface area contributed by atoms with E-state index >= 15 is 0 Å². The summed E-state index contributed by atoms with van der Waals surface area (Å²) in [4.78, 5) is 11.9. The number of nitrogens with one attached hydrogen (secondary N) is 2. The van der Waals surface area contributed by atoms with Crippen molar-refractivity contribution in [2.75, 3.05) is 0 Å². The number of carbonyl (C=O) groups excluding carboxylic acids is 1. The van der Waals surface area contributed by atoms with Gasteiger partial charge in [0.25, 0.3) is 0 Å². The normalized spacial score (nSPS) is 24.4. The van der Waals surface area contributed by atoms with E-state index in [4.69, 9.17) is 4.42 Å². The summed E-state index contributed by atoms with van der Waals surface area (Å²) in [7, 11) is 0. The van der Waals surface area contributed by atoms with Crippen molar-refractivity contribution in [1.29, 1.82) is 0 Å². The molecule has 0 spiro atoms. The predicted molar refractivity (Wildman–Crippen MR) is 68.1 cm³/mol. The maximum atomic E-state index is 11.9. The van der Waals surface area contributed by atoms with Crippen LogP contribution in [0, 0.1) is 0 Å². The quantitative estimate of drug-likeness (QED) is 0.856. The molecule has 0 aromatic carbocycles. The van der Waals surface area contributed by atoms with Gasteiger partial charge < -0.3 is 9.73 Å². The Morgan fingerprint density at radius 3 is 3.06 bits per heavy atom. The summed E-state index contributed by atoms with van der Waals surface area (Å²) >= 11 is 0. The zero-order chi connectivity index (χ0) is 12.5. The molecule has 2 aliphatic carbocycles. The molecule has 4 heteroatoms. The highest BCUT2D eigenvalue weighted by Gasteiger charge is 2.28. The van der Waals surface area contributed by atoms with E-state index < -0.39 is 0 Å². The molecule has 2 unspecified atom stereocenters. The molecule has 1 amide bonds. The summed E-state index contributed by atoms with van der Waals surface area (Å²) in [5, 5.41) is 6.46. The van der Waals surface area contributed by atoms with Gasteiger partial charge in [0.2, 0.25) is 5.91 Å². The monoisotopic (exact) mass is 248 g/mol. The van der Waals surface area contributed by atoms with Crippen LogP contribution in [0.1, 0.15) is 50.0 Å².